The summed E-state index contributed by atoms with van der Waals surface area (Å²) >= 11 is 7.73. The summed E-state index contributed by atoms with van der Waals surface area (Å²) in [6.45, 7) is 5.26. The molecular formula is C28H31ClFN3O3S. The lowest BCUT2D eigenvalue weighted by molar-refractivity contribution is -0.135. The van der Waals surface area contributed by atoms with Crippen LogP contribution in [-0.2, 0) is 11.2 Å². The van der Waals surface area contributed by atoms with Gasteiger partial charge < -0.3 is 19.9 Å². The molecule has 1 aromatic heterocycles. The second kappa shape index (κ2) is 12.4. The number of anilines is 1. The van der Waals surface area contributed by atoms with Gasteiger partial charge in [-0.05, 0) is 66.1 Å². The van der Waals surface area contributed by atoms with Gasteiger partial charge in [-0.15, -0.1) is 11.3 Å². The lowest BCUT2D eigenvalue weighted by Crippen LogP contribution is -2.49. The molecule has 2 heterocycles. The number of nitrogens with zero attached hydrogens (tertiary/aromatic N) is 2. The first kappa shape index (κ1) is 26.9. The fourth-order valence-electron chi connectivity index (χ4n) is 4.30. The van der Waals surface area contributed by atoms with Crippen LogP contribution in [0.4, 0.5) is 14.9 Å². The van der Waals surface area contributed by atoms with Crippen LogP contribution in [0.25, 0.3) is 0 Å². The van der Waals surface area contributed by atoms with Crippen molar-refractivity contribution in [2.45, 2.75) is 32.7 Å². The average molecular weight is 544 g/mol. The minimum atomic E-state index is -0.378. The van der Waals surface area contributed by atoms with E-state index >= 15 is 0 Å². The van der Waals surface area contributed by atoms with Crippen LogP contribution < -0.4 is 10.1 Å². The third kappa shape index (κ3) is 7.23. The summed E-state index contributed by atoms with van der Waals surface area (Å²) in [6.07, 6.45) is 1.51. The van der Waals surface area contributed by atoms with Crippen molar-refractivity contribution < 1.29 is 18.7 Å². The maximum Gasteiger partial charge on any atom is 0.322 e. The molecule has 3 amide bonds. The highest BCUT2D eigenvalue weighted by Gasteiger charge is 2.33. The van der Waals surface area contributed by atoms with Gasteiger partial charge in [-0.2, -0.15) is 0 Å². The largest absolute Gasteiger partial charge is 0.491 e. The number of halogens is 2. The van der Waals surface area contributed by atoms with Gasteiger partial charge in [-0.25, -0.2) is 9.18 Å². The number of urea groups is 1. The lowest BCUT2D eigenvalue weighted by atomic mass is 10.0. The first-order valence-corrected chi connectivity index (χ1v) is 13.6. The molecule has 0 unspecified atom stereocenters. The van der Waals surface area contributed by atoms with Gasteiger partial charge >= 0.3 is 6.03 Å². The molecule has 0 spiro atoms. The van der Waals surface area contributed by atoms with E-state index in [2.05, 4.69) is 19.2 Å². The molecule has 0 radical (unpaired) electrons. The number of amides is 3. The second-order valence-corrected chi connectivity index (χ2v) is 10.9. The molecule has 0 saturated carbocycles. The number of thiophene rings is 1. The van der Waals surface area contributed by atoms with E-state index in [4.69, 9.17) is 16.3 Å². The zero-order valence-corrected chi connectivity index (χ0v) is 22.5. The number of hydrogen-bond acceptors (Lipinski definition) is 4. The van der Waals surface area contributed by atoms with E-state index in [0.29, 0.717) is 35.5 Å². The Morgan fingerprint density at radius 3 is 2.78 bits per heavy atom. The van der Waals surface area contributed by atoms with Crippen molar-refractivity contribution in [2.24, 2.45) is 5.92 Å². The summed E-state index contributed by atoms with van der Waals surface area (Å²) in [5, 5.41) is 5.40. The van der Waals surface area contributed by atoms with Gasteiger partial charge in [0.2, 0.25) is 5.91 Å². The van der Waals surface area contributed by atoms with Crippen molar-refractivity contribution in [1.29, 1.82) is 0 Å². The Morgan fingerprint density at radius 2 is 2.03 bits per heavy atom. The lowest BCUT2D eigenvalue weighted by Gasteiger charge is -2.37. The van der Waals surface area contributed by atoms with E-state index in [9.17, 15) is 14.0 Å². The number of rotatable bonds is 9. The number of ether oxygens (including phenoxy) is 1. The van der Waals surface area contributed by atoms with E-state index in [0.717, 1.165) is 18.4 Å². The molecule has 196 valence electrons. The number of nitrogens with one attached hydrogen (secondary N) is 1. The zero-order valence-electron chi connectivity index (χ0n) is 21.0. The van der Waals surface area contributed by atoms with Crippen LogP contribution in [0.2, 0.25) is 5.02 Å². The van der Waals surface area contributed by atoms with Crippen molar-refractivity contribution in [2.75, 3.05) is 31.6 Å². The van der Waals surface area contributed by atoms with Crippen molar-refractivity contribution in [3.05, 3.63) is 81.3 Å². The molecular weight excluding hydrogens is 513 g/mol. The quantitative estimate of drug-likeness (QED) is 0.329. The molecule has 3 aromatic rings. The smallest absolute Gasteiger partial charge is 0.322 e. The Labute approximate surface area is 226 Å². The van der Waals surface area contributed by atoms with Crippen LogP contribution in [0.15, 0.2) is 60.0 Å². The third-order valence-corrected chi connectivity index (χ3v) is 7.52. The molecule has 37 heavy (non-hydrogen) atoms. The highest BCUT2D eigenvalue weighted by atomic mass is 35.5. The van der Waals surface area contributed by atoms with Crippen LogP contribution in [0.1, 0.15) is 36.8 Å². The van der Waals surface area contributed by atoms with Gasteiger partial charge in [0, 0.05) is 34.7 Å². The number of carbonyl (C=O) groups excluding carboxylic acids is 2. The molecule has 2 aromatic carbocycles. The highest BCUT2D eigenvalue weighted by molar-refractivity contribution is 7.10. The number of hydrogen-bond donors (Lipinski definition) is 1. The molecule has 6 nitrogen and oxygen atoms in total. The maximum atomic E-state index is 13.7. The summed E-state index contributed by atoms with van der Waals surface area (Å²) in [5.41, 5.74) is 1.61. The highest BCUT2D eigenvalue weighted by Crippen LogP contribution is 2.34. The Bertz CT molecular complexity index is 1230. The summed E-state index contributed by atoms with van der Waals surface area (Å²) in [7, 11) is 0. The molecule has 0 saturated heterocycles. The van der Waals surface area contributed by atoms with Gasteiger partial charge in [0.25, 0.3) is 0 Å². The summed E-state index contributed by atoms with van der Waals surface area (Å²) in [6, 6.07) is 14.2. The molecule has 1 aliphatic rings. The first-order valence-electron chi connectivity index (χ1n) is 12.4. The Balaban J connectivity index is 1.50. The van der Waals surface area contributed by atoms with E-state index in [1.807, 2.05) is 11.4 Å². The fourth-order valence-corrected chi connectivity index (χ4v) is 5.41. The fraction of sp³-hybridized carbons (Fsp3) is 0.357. The Kier molecular flexibility index (Phi) is 9.05. The topological polar surface area (TPSA) is 61.9 Å². The van der Waals surface area contributed by atoms with Crippen LogP contribution in [-0.4, -0.2) is 48.0 Å². The molecule has 4 rings (SSSR count). The average Bonchev–Trinajstić information content (AvgIpc) is 3.34. The second-order valence-electron chi connectivity index (χ2n) is 9.47. The Morgan fingerprint density at radius 1 is 1.22 bits per heavy atom. The minimum Gasteiger partial charge on any atom is -0.491 e. The van der Waals surface area contributed by atoms with Crippen molar-refractivity contribution in [3.63, 3.8) is 0 Å². The monoisotopic (exact) mass is 543 g/mol. The van der Waals surface area contributed by atoms with E-state index in [-0.39, 0.29) is 36.9 Å². The molecule has 0 bridgehead atoms. The van der Waals surface area contributed by atoms with Gasteiger partial charge in [0.1, 0.15) is 24.7 Å². The van der Waals surface area contributed by atoms with Gasteiger partial charge in [-0.1, -0.05) is 37.6 Å². The number of carbonyl (C=O) groups is 2. The summed E-state index contributed by atoms with van der Waals surface area (Å²) in [4.78, 5) is 31.4. The van der Waals surface area contributed by atoms with Crippen LogP contribution in [0.3, 0.4) is 0 Å². The minimum absolute atomic E-state index is 0.0605. The van der Waals surface area contributed by atoms with Crippen LogP contribution in [0, 0.1) is 11.7 Å². The molecule has 1 aliphatic heterocycles. The predicted molar refractivity (Wildman–Crippen MR) is 146 cm³/mol. The van der Waals surface area contributed by atoms with Gasteiger partial charge in [0.15, 0.2) is 0 Å². The van der Waals surface area contributed by atoms with Crippen molar-refractivity contribution in [1.82, 2.24) is 9.80 Å². The summed E-state index contributed by atoms with van der Waals surface area (Å²) in [5.74, 6) is 0.244. The van der Waals surface area contributed by atoms with Gasteiger partial charge in [0.05, 0.1) is 6.04 Å². The zero-order chi connectivity index (χ0) is 26.4. The standard InChI is InChI=1S/C28H31ClFN3O3S/c1-19(2)9-12-32(28(35)31-22-7-3-5-20(29)15-22)17-27(34)33-13-10-26-24(11-14-37-26)25(33)18-36-23-8-4-6-21(30)16-23/h3-8,11,14-16,19,25H,9-10,12-13,17-18H2,1-2H3,(H,31,35)/t25-/m1/s1. The SMILES string of the molecule is CC(C)CCN(CC(=O)N1CCc2sccc2[C@H]1COc1cccc(F)c1)C(=O)Nc1cccc(Cl)c1. The Hall–Kier alpha value is -3.10. The molecule has 9 heteroatoms. The van der Waals surface area contributed by atoms with Gasteiger partial charge in [-0.3, -0.25) is 4.79 Å². The van der Waals surface area contributed by atoms with E-state index in [1.54, 1.807) is 57.5 Å². The summed E-state index contributed by atoms with van der Waals surface area (Å²) < 4.78 is 19.6. The molecule has 1 N–H and O–H groups in total. The predicted octanol–water partition coefficient (Wildman–Crippen LogP) is 6.63. The van der Waals surface area contributed by atoms with Crippen LogP contribution in [0.5, 0.6) is 5.75 Å². The number of benzene rings is 2. The van der Waals surface area contributed by atoms with E-state index < -0.39 is 0 Å². The normalized spacial score (nSPS) is 14.8. The van der Waals surface area contributed by atoms with Crippen molar-refractivity contribution in [3.8, 4) is 5.75 Å². The van der Waals surface area contributed by atoms with Crippen LogP contribution >= 0.6 is 22.9 Å². The molecule has 0 aliphatic carbocycles. The number of fused-ring (bicyclic) bond motifs is 1. The van der Waals surface area contributed by atoms with Crippen molar-refractivity contribution >= 4 is 40.6 Å². The molecule has 0 fully saturated rings. The molecule has 1 atom stereocenters. The van der Waals surface area contributed by atoms with E-state index in [1.165, 1.54) is 17.0 Å². The maximum absolute atomic E-state index is 13.7. The third-order valence-electron chi connectivity index (χ3n) is 6.28. The first-order chi connectivity index (χ1) is 17.8.